The number of ether oxygens (including phenoxy) is 1. The fourth-order valence-corrected chi connectivity index (χ4v) is 2.40. The highest BCUT2D eigenvalue weighted by Crippen LogP contribution is 2.28. The summed E-state index contributed by atoms with van der Waals surface area (Å²) in [6.07, 6.45) is 1.95. The number of aromatic nitrogens is 1. The molecule has 0 spiro atoms. The molecule has 0 saturated heterocycles. The lowest BCUT2D eigenvalue weighted by Gasteiger charge is -2.11. The fraction of sp³-hybridized carbons (Fsp3) is 0.125. The lowest BCUT2D eigenvalue weighted by molar-refractivity contribution is 0.416. The van der Waals surface area contributed by atoms with Gasteiger partial charge in [-0.15, -0.1) is 0 Å². The van der Waals surface area contributed by atoms with Crippen LogP contribution in [0.2, 0.25) is 5.02 Å². The molecule has 20 heavy (non-hydrogen) atoms. The molecule has 2 aromatic carbocycles. The summed E-state index contributed by atoms with van der Waals surface area (Å²) in [6, 6.07) is 14.0. The predicted octanol–water partition coefficient (Wildman–Crippen LogP) is 4.44. The van der Waals surface area contributed by atoms with Crippen LogP contribution in [-0.2, 0) is 6.54 Å². The molecule has 3 aromatic rings. The standard InChI is InChI=1S/C16H15ClN2O/c1-20-16-5-3-13(17)9-15(16)19-10-11-2-4-14-12(8-11)6-7-18-14/h2-9,18-19H,10H2,1H3. The Bertz CT molecular complexity index is 736. The number of anilines is 1. The summed E-state index contributed by atoms with van der Waals surface area (Å²) < 4.78 is 5.32. The first-order chi connectivity index (χ1) is 9.76. The summed E-state index contributed by atoms with van der Waals surface area (Å²) in [7, 11) is 1.65. The number of hydrogen-bond donors (Lipinski definition) is 2. The van der Waals surface area contributed by atoms with Gasteiger partial charge in [0.15, 0.2) is 0 Å². The summed E-state index contributed by atoms with van der Waals surface area (Å²) in [5.41, 5.74) is 3.25. The molecule has 1 aromatic heterocycles. The molecule has 0 saturated carbocycles. The molecule has 4 heteroatoms. The quantitative estimate of drug-likeness (QED) is 0.744. The van der Waals surface area contributed by atoms with E-state index in [0.29, 0.717) is 5.02 Å². The second-order valence-corrected chi connectivity index (χ2v) is 5.03. The van der Waals surface area contributed by atoms with Crippen molar-refractivity contribution in [3.05, 3.63) is 59.2 Å². The number of fused-ring (bicyclic) bond motifs is 1. The van der Waals surface area contributed by atoms with Gasteiger partial charge < -0.3 is 15.0 Å². The Balaban J connectivity index is 1.80. The number of nitrogens with one attached hydrogen (secondary N) is 2. The van der Waals surface area contributed by atoms with E-state index in [4.69, 9.17) is 16.3 Å². The molecule has 102 valence electrons. The molecule has 0 aliphatic heterocycles. The van der Waals surface area contributed by atoms with Gasteiger partial charge in [0.2, 0.25) is 0 Å². The summed E-state index contributed by atoms with van der Waals surface area (Å²) in [5, 5.41) is 5.26. The maximum atomic E-state index is 6.02. The van der Waals surface area contributed by atoms with Crippen LogP contribution in [0.3, 0.4) is 0 Å². The van der Waals surface area contributed by atoms with Crippen molar-refractivity contribution in [3.63, 3.8) is 0 Å². The minimum absolute atomic E-state index is 0.689. The maximum Gasteiger partial charge on any atom is 0.142 e. The van der Waals surface area contributed by atoms with E-state index in [1.807, 2.05) is 24.4 Å². The lowest BCUT2D eigenvalue weighted by Crippen LogP contribution is -2.01. The van der Waals surface area contributed by atoms with E-state index in [1.165, 1.54) is 10.9 Å². The van der Waals surface area contributed by atoms with Crippen LogP contribution in [0.15, 0.2) is 48.7 Å². The molecule has 0 radical (unpaired) electrons. The van der Waals surface area contributed by atoms with E-state index in [1.54, 1.807) is 7.11 Å². The van der Waals surface area contributed by atoms with Gasteiger partial charge in [-0.3, -0.25) is 0 Å². The minimum atomic E-state index is 0.689. The van der Waals surface area contributed by atoms with Crippen molar-refractivity contribution in [2.45, 2.75) is 6.54 Å². The first kappa shape index (κ1) is 12.9. The van der Waals surface area contributed by atoms with Crippen molar-refractivity contribution in [2.24, 2.45) is 0 Å². The third kappa shape index (κ3) is 2.58. The van der Waals surface area contributed by atoms with Gasteiger partial charge in [0, 0.05) is 23.3 Å². The third-order valence-electron chi connectivity index (χ3n) is 3.26. The number of aromatic amines is 1. The van der Waals surface area contributed by atoms with Crippen LogP contribution >= 0.6 is 11.6 Å². The summed E-state index contributed by atoms with van der Waals surface area (Å²) in [4.78, 5) is 3.19. The molecular weight excluding hydrogens is 272 g/mol. The SMILES string of the molecule is COc1ccc(Cl)cc1NCc1ccc2[nH]ccc2c1. The zero-order valence-corrected chi connectivity index (χ0v) is 11.9. The lowest BCUT2D eigenvalue weighted by atomic mass is 10.1. The van der Waals surface area contributed by atoms with Crippen molar-refractivity contribution in [3.8, 4) is 5.75 Å². The Morgan fingerprint density at radius 3 is 2.90 bits per heavy atom. The van der Waals surface area contributed by atoms with Crippen LogP contribution in [0.25, 0.3) is 10.9 Å². The molecule has 3 rings (SSSR count). The van der Waals surface area contributed by atoms with Crippen LogP contribution in [0.1, 0.15) is 5.56 Å². The highest BCUT2D eigenvalue weighted by molar-refractivity contribution is 6.30. The van der Waals surface area contributed by atoms with E-state index in [2.05, 4.69) is 34.6 Å². The Morgan fingerprint density at radius 1 is 1.15 bits per heavy atom. The smallest absolute Gasteiger partial charge is 0.142 e. The molecule has 0 atom stereocenters. The molecule has 0 bridgehead atoms. The number of H-pyrrole nitrogens is 1. The van der Waals surface area contributed by atoms with E-state index >= 15 is 0 Å². The van der Waals surface area contributed by atoms with Gasteiger partial charge in [0.25, 0.3) is 0 Å². The van der Waals surface area contributed by atoms with Crippen LogP contribution in [-0.4, -0.2) is 12.1 Å². The van der Waals surface area contributed by atoms with Crippen LogP contribution in [0, 0.1) is 0 Å². The Hall–Kier alpha value is -2.13. The molecular formula is C16H15ClN2O. The Labute approximate surface area is 122 Å². The number of halogens is 1. The summed E-state index contributed by atoms with van der Waals surface area (Å²) in [5.74, 6) is 0.789. The van der Waals surface area contributed by atoms with Gasteiger partial charge in [-0.1, -0.05) is 17.7 Å². The molecule has 0 aliphatic carbocycles. The molecule has 1 heterocycles. The van der Waals surface area contributed by atoms with Crippen molar-refractivity contribution in [1.82, 2.24) is 4.98 Å². The average Bonchev–Trinajstić information content (AvgIpc) is 2.92. The monoisotopic (exact) mass is 286 g/mol. The van der Waals surface area contributed by atoms with E-state index in [-0.39, 0.29) is 0 Å². The predicted molar refractivity (Wildman–Crippen MR) is 83.6 cm³/mol. The number of hydrogen-bond acceptors (Lipinski definition) is 2. The van der Waals surface area contributed by atoms with Crippen LogP contribution in [0.4, 0.5) is 5.69 Å². The van der Waals surface area contributed by atoms with Crippen molar-refractivity contribution < 1.29 is 4.74 Å². The van der Waals surface area contributed by atoms with E-state index in [0.717, 1.165) is 23.5 Å². The minimum Gasteiger partial charge on any atom is -0.495 e. The topological polar surface area (TPSA) is 37.0 Å². The molecule has 3 nitrogen and oxygen atoms in total. The number of methoxy groups -OCH3 is 1. The average molecular weight is 287 g/mol. The van der Waals surface area contributed by atoms with Gasteiger partial charge in [-0.25, -0.2) is 0 Å². The van der Waals surface area contributed by atoms with Crippen LogP contribution < -0.4 is 10.1 Å². The highest BCUT2D eigenvalue weighted by Gasteiger charge is 2.04. The summed E-state index contributed by atoms with van der Waals surface area (Å²) in [6.45, 7) is 0.720. The molecule has 0 amide bonds. The highest BCUT2D eigenvalue weighted by atomic mass is 35.5. The van der Waals surface area contributed by atoms with Gasteiger partial charge in [-0.05, 0) is 47.3 Å². The third-order valence-corrected chi connectivity index (χ3v) is 3.50. The summed E-state index contributed by atoms with van der Waals surface area (Å²) >= 11 is 6.02. The number of rotatable bonds is 4. The second-order valence-electron chi connectivity index (χ2n) is 4.60. The van der Waals surface area contributed by atoms with Gasteiger partial charge in [0.1, 0.15) is 5.75 Å². The number of benzene rings is 2. The largest absolute Gasteiger partial charge is 0.495 e. The Kier molecular flexibility index (Phi) is 3.52. The van der Waals surface area contributed by atoms with E-state index < -0.39 is 0 Å². The van der Waals surface area contributed by atoms with Gasteiger partial charge >= 0.3 is 0 Å². The first-order valence-electron chi connectivity index (χ1n) is 6.40. The van der Waals surface area contributed by atoms with Crippen molar-refractivity contribution in [1.29, 1.82) is 0 Å². The zero-order valence-electron chi connectivity index (χ0n) is 11.1. The van der Waals surface area contributed by atoms with Crippen molar-refractivity contribution in [2.75, 3.05) is 12.4 Å². The van der Waals surface area contributed by atoms with E-state index in [9.17, 15) is 0 Å². The van der Waals surface area contributed by atoms with Crippen LogP contribution in [0.5, 0.6) is 5.75 Å². The van der Waals surface area contributed by atoms with Gasteiger partial charge in [0.05, 0.1) is 12.8 Å². The molecule has 0 unspecified atom stereocenters. The first-order valence-corrected chi connectivity index (χ1v) is 6.77. The molecule has 2 N–H and O–H groups in total. The second kappa shape index (κ2) is 5.47. The van der Waals surface area contributed by atoms with Crippen molar-refractivity contribution >= 4 is 28.2 Å². The maximum absolute atomic E-state index is 6.02. The Morgan fingerprint density at radius 2 is 2.05 bits per heavy atom. The molecule has 0 fully saturated rings. The normalized spacial score (nSPS) is 10.7. The zero-order chi connectivity index (χ0) is 13.9. The fourth-order valence-electron chi connectivity index (χ4n) is 2.23. The molecule has 0 aliphatic rings. The van der Waals surface area contributed by atoms with Gasteiger partial charge in [-0.2, -0.15) is 0 Å².